The number of amides is 1. The number of benzene rings is 1. The van der Waals surface area contributed by atoms with Crippen molar-refractivity contribution in [2.75, 3.05) is 28.7 Å². The molecule has 0 spiro atoms. The van der Waals surface area contributed by atoms with Crippen LogP contribution in [0.5, 0.6) is 5.88 Å². The molecule has 2 aliphatic heterocycles. The van der Waals surface area contributed by atoms with Crippen molar-refractivity contribution >= 4 is 23.4 Å². The van der Waals surface area contributed by atoms with Gasteiger partial charge in [-0.05, 0) is 43.0 Å². The lowest BCUT2D eigenvalue weighted by molar-refractivity contribution is -0.137. The quantitative estimate of drug-likeness (QED) is 0.546. The van der Waals surface area contributed by atoms with E-state index in [2.05, 4.69) is 20.3 Å². The summed E-state index contributed by atoms with van der Waals surface area (Å²) in [5, 5.41) is 3.24. The molecule has 1 amide bonds. The molecule has 0 radical (unpaired) electrons. The number of likely N-dealkylation sites (N-methyl/N-ethyl adjacent to an activating group) is 1. The number of halogens is 3. The number of ether oxygens (including phenoxy) is 1. The number of aryl methyl sites for hydroxylation is 1. The van der Waals surface area contributed by atoms with Crippen LogP contribution in [0.2, 0.25) is 0 Å². The highest BCUT2D eigenvalue weighted by molar-refractivity contribution is 6.05. The third-order valence-corrected chi connectivity index (χ3v) is 6.46. The molecule has 0 saturated heterocycles. The Kier molecular flexibility index (Phi) is 6.15. The first-order chi connectivity index (χ1) is 17.2. The van der Waals surface area contributed by atoms with Crippen LogP contribution in [0.25, 0.3) is 0 Å². The zero-order valence-electron chi connectivity index (χ0n) is 19.8. The Hall–Kier alpha value is -3.89. The van der Waals surface area contributed by atoms with Gasteiger partial charge in [0.05, 0.1) is 11.3 Å². The van der Waals surface area contributed by atoms with Gasteiger partial charge < -0.3 is 19.9 Å². The molecular formula is C25H25F3N6O2. The van der Waals surface area contributed by atoms with Crippen LogP contribution in [0, 0.1) is 0 Å². The minimum atomic E-state index is -4.36. The fourth-order valence-corrected chi connectivity index (χ4v) is 4.30. The number of hydrogen-bond donors (Lipinski definition) is 1. The molecule has 36 heavy (non-hydrogen) atoms. The van der Waals surface area contributed by atoms with Crippen molar-refractivity contribution in [3.8, 4) is 5.88 Å². The van der Waals surface area contributed by atoms with E-state index in [4.69, 9.17) is 4.74 Å². The number of nitrogens with one attached hydrogen (secondary N) is 1. The Morgan fingerprint density at radius 3 is 2.56 bits per heavy atom. The van der Waals surface area contributed by atoms with E-state index in [1.165, 1.54) is 12.1 Å². The molecule has 11 heteroatoms. The Morgan fingerprint density at radius 2 is 1.86 bits per heavy atom. The summed E-state index contributed by atoms with van der Waals surface area (Å²) in [4.78, 5) is 30.0. The number of anilines is 3. The lowest BCUT2D eigenvalue weighted by Crippen LogP contribution is -2.53. The van der Waals surface area contributed by atoms with Crippen molar-refractivity contribution in [1.29, 1.82) is 0 Å². The molecule has 0 saturated carbocycles. The van der Waals surface area contributed by atoms with E-state index in [0.717, 1.165) is 47.7 Å². The second-order valence-corrected chi connectivity index (χ2v) is 8.89. The van der Waals surface area contributed by atoms with Crippen molar-refractivity contribution in [3.05, 3.63) is 65.0 Å². The minimum Gasteiger partial charge on any atom is -0.473 e. The van der Waals surface area contributed by atoms with Crippen molar-refractivity contribution in [2.45, 2.75) is 45.1 Å². The van der Waals surface area contributed by atoms with Gasteiger partial charge in [0.1, 0.15) is 18.3 Å². The molecule has 1 unspecified atom stereocenters. The van der Waals surface area contributed by atoms with E-state index in [9.17, 15) is 18.0 Å². The largest absolute Gasteiger partial charge is 0.473 e. The average Bonchev–Trinajstić information content (AvgIpc) is 2.88. The fourth-order valence-electron chi connectivity index (χ4n) is 4.30. The van der Waals surface area contributed by atoms with Gasteiger partial charge in [-0.15, -0.1) is 0 Å². The summed E-state index contributed by atoms with van der Waals surface area (Å²) < 4.78 is 43.7. The molecule has 1 N–H and O–H groups in total. The Labute approximate surface area is 206 Å². The molecule has 2 aliphatic rings. The predicted molar refractivity (Wildman–Crippen MR) is 128 cm³/mol. The van der Waals surface area contributed by atoms with Gasteiger partial charge in [0.2, 0.25) is 17.7 Å². The molecule has 4 heterocycles. The van der Waals surface area contributed by atoms with E-state index >= 15 is 0 Å². The minimum absolute atomic E-state index is 0.0713. The molecule has 1 atom stereocenters. The maximum absolute atomic E-state index is 12.7. The number of carbonyl (C=O) groups is 1. The monoisotopic (exact) mass is 498 g/mol. The van der Waals surface area contributed by atoms with Gasteiger partial charge >= 0.3 is 6.18 Å². The van der Waals surface area contributed by atoms with Crippen molar-refractivity contribution in [2.24, 2.45) is 0 Å². The number of alkyl halides is 3. The summed E-state index contributed by atoms with van der Waals surface area (Å²) in [5.41, 5.74) is 2.48. The van der Waals surface area contributed by atoms with Gasteiger partial charge in [-0.25, -0.2) is 9.97 Å². The van der Waals surface area contributed by atoms with E-state index in [1.54, 1.807) is 17.2 Å². The van der Waals surface area contributed by atoms with Crippen LogP contribution < -0.4 is 19.9 Å². The van der Waals surface area contributed by atoms with Gasteiger partial charge in [-0.1, -0.05) is 18.2 Å². The summed E-state index contributed by atoms with van der Waals surface area (Å²) in [7, 11) is 1.87. The maximum atomic E-state index is 12.7. The van der Waals surface area contributed by atoms with Crippen molar-refractivity contribution in [1.82, 2.24) is 15.0 Å². The van der Waals surface area contributed by atoms with E-state index in [1.807, 2.05) is 24.9 Å². The second kappa shape index (κ2) is 9.29. The molecule has 3 aromatic rings. The highest BCUT2D eigenvalue weighted by atomic mass is 19.4. The molecule has 0 fully saturated rings. The zero-order valence-corrected chi connectivity index (χ0v) is 19.8. The predicted octanol–water partition coefficient (Wildman–Crippen LogP) is 4.20. The standard InChI is InChI=1S/C25H25F3N6O2/c1-15-23(35)34-11-3-4-19-21(34)22(33(15)2)32-24(31-19)30-13-17-7-10-20(29-12-17)36-14-16-5-8-18(9-6-16)25(26,27)28/h5-10,12,15H,3-4,11,13-14H2,1-2H3,(H,30,31,32). The van der Waals surface area contributed by atoms with Crippen LogP contribution in [0.3, 0.4) is 0 Å². The molecule has 188 valence electrons. The van der Waals surface area contributed by atoms with Crippen LogP contribution in [-0.2, 0) is 30.5 Å². The van der Waals surface area contributed by atoms with E-state index < -0.39 is 11.7 Å². The number of hydrogen-bond acceptors (Lipinski definition) is 7. The summed E-state index contributed by atoms with van der Waals surface area (Å²) in [6.45, 7) is 3.11. The summed E-state index contributed by atoms with van der Waals surface area (Å²) in [6.07, 6.45) is -1.05. The van der Waals surface area contributed by atoms with Gasteiger partial charge in [0.25, 0.3) is 0 Å². The number of pyridine rings is 1. The van der Waals surface area contributed by atoms with Gasteiger partial charge in [0, 0.05) is 32.4 Å². The van der Waals surface area contributed by atoms with Crippen molar-refractivity contribution < 1.29 is 22.7 Å². The van der Waals surface area contributed by atoms with Crippen LogP contribution in [0.15, 0.2) is 42.6 Å². The third kappa shape index (κ3) is 4.65. The Bertz CT molecular complexity index is 1260. The Balaban J connectivity index is 1.21. The molecule has 0 bridgehead atoms. The molecule has 0 aliphatic carbocycles. The molecular weight excluding hydrogens is 473 g/mol. The van der Waals surface area contributed by atoms with Crippen LogP contribution in [0.1, 0.15) is 35.7 Å². The van der Waals surface area contributed by atoms with Crippen LogP contribution in [0.4, 0.5) is 30.6 Å². The van der Waals surface area contributed by atoms with Gasteiger partial charge in [-0.2, -0.15) is 18.2 Å². The highest BCUT2D eigenvalue weighted by Gasteiger charge is 2.38. The van der Waals surface area contributed by atoms with E-state index in [0.29, 0.717) is 30.5 Å². The van der Waals surface area contributed by atoms with E-state index in [-0.39, 0.29) is 18.6 Å². The molecule has 8 nitrogen and oxygen atoms in total. The number of rotatable bonds is 6. The zero-order chi connectivity index (χ0) is 25.4. The number of aromatic nitrogens is 3. The molecule has 5 rings (SSSR count). The summed E-state index contributed by atoms with van der Waals surface area (Å²) >= 11 is 0. The first kappa shape index (κ1) is 23.8. The third-order valence-electron chi connectivity index (χ3n) is 6.46. The number of carbonyl (C=O) groups excluding carboxylic acids is 1. The smallest absolute Gasteiger partial charge is 0.416 e. The van der Waals surface area contributed by atoms with Crippen LogP contribution in [-0.4, -0.2) is 40.5 Å². The lowest BCUT2D eigenvalue weighted by atomic mass is 10.0. The SMILES string of the molecule is CC1C(=O)N2CCCc3nc(NCc4ccc(OCc5ccc(C(F)(F)F)cc5)nc4)nc(c32)N1C. The maximum Gasteiger partial charge on any atom is 0.416 e. The molecule has 1 aromatic carbocycles. The van der Waals surface area contributed by atoms with Gasteiger partial charge in [-0.3, -0.25) is 4.79 Å². The second-order valence-electron chi connectivity index (χ2n) is 8.89. The van der Waals surface area contributed by atoms with Crippen LogP contribution >= 0.6 is 0 Å². The first-order valence-electron chi connectivity index (χ1n) is 11.6. The number of nitrogens with zero attached hydrogens (tertiary/aromatic N) is 5. The average molecular weight is 499 g/mol. The first-order valence-corrected chi connectivity index (χ1v) is 11.6. The molecule has 2 aromatic heterocycles. The fraction of sp³-hybridized carbons (Fsp3) is 0.360. The van der Waals surface area contributed by atoms with Gasteiger partial charge in [0.15, 0.2) is 5.82 Å². The van der Waals surface area contributed by atoms with Crippen molar-refractivity contribution in [3.63, 3.8) is 0 Å². The Morgan fingerprint density at radius 1 is 1.11 bits per heavy atom. The lowest BCUT2D eigenvalue weighted by Gasteiger charge is -2.41. The normalized spacial score (nSPS) is 17.1. The summed E-state index contributed by atoms with van der Waals surface area (Å²) in [5.74, 6) is 1.68. The summed E-state index contributed by atoms with van der Waals surface area (Å²) in [6, 6.07) is 8.11. The highest BCUT2D eigenvalue weighted by Crippen LogP contribution is 2.39. The topological polar surface area (TPSA) is 83.5 Å².